The number of hydrogen-bond donors (Lipinski definition) is 1. The summed E-state index contributed by atoms with van der Waals surface area (Å²) >= 11 is 7.62. The van der Waals surface area contributed by atoms with Gasteiger partial charge in [0.15, 0.2) is 11.5 Å². The average Bonchev–Trinajstić information content (AvgIpc) is 2.78. The van der Waals surface area contributed by atoms with Crippen molar-refractivity contribution in [3.05, 3.63) is 88.4 Å². The quantitative estimate of drug-likeness (QED) is 0.289. The van der Waals surface area contributed by atoms with Crippen molar-refractivity contribution in [2.45, 2.75) is 10.6 Å². The Balaban J connectivity index is 1.57. The van der Waals surface area contributed by atoms with E-state index in [1.54, 1.807) is 44.2 Å². The number of rotatable bonds is 8. The van der Waals surface area contributed by atoms with Gasteiger partial charge in [-0.1, -0.05) is 29.8 Å². The van der Waals surface area contributed by atoms with Crippen LogP contribution in [0.25, 0.3) is 0 Å². The van der Waals surface area contributed by atoms with Gasteiger partial charge in [0.25, 0.3) is 5.91 Å². The van der Waals surface area contributed by atoms with Gasteiger partial charge in [0, 0.05) is 26.8 Å². The number of nitrogens with zero attached hydrogens (tertiary/aromatic N) is 1. The molecule has 0 aliphatic rings. The number of benzene rings is 3. The van der Waals surface area contributed by atoms with Gasteiger partial charge >= 0.3 is 0 Å². The molecule has 7 heteroatoms. The minimum atomic E-state index is -0.287. The summed E-state index contributed by atoms with van der Waals surface area (Å²) in [6.07, 6.45) is 1.52. The van der Waals surface area contributed by atoms with Crippen molar-refractivity contribution < 1.29 is 14.3 Å². The Kier molecular flexibility index (Phi) is 7.76. The SMILES string of the molecule is COc1cccc(/C=N\NC(=O)c2ccc(CSc3ccc(Cl)cc3)cc2)c1OC. The normalized spacial score (nSPS) is 10.8. The molecule has 0 saturated heterocycles. The molecule has 0 aliphatic carbocycles. The zero-order chi connectivity index (χ0) is 21.3. The van der Waals surface area contributed by atoms with Crippen LogP contribution in [0.3, 0.4) is 0 Å². The number of ether oxygens (including phenoxy) is 2. The van der Waals surface area contributed by atoms with Gasteiger partial charge in [-0.3, -0.25) is 4.79 Å². The second-order valence-corrected chi connectivity index (χ2v) is 7.71. The van der Waals surface area contributed by atoms with E-state index in [-0.39, 0.29) is 5.91 Å². The van der Waals surface area contributed by atoms with Gasteiger partial charge in [0.2, 0.25) is 0 Å². The van der Waals surface area contributed by atoms with E-state index in [1.165, 1.54) is 6.21 Å². The first-order valence-electron chi connectivity index (χ1n) is 9.12. The van der Waals surface area contributed by atoms with Crippen LogP contribution < -0.4 is 14.9 Å². The van der Waals surface area contributed by atoms with Gasteiger partial charge in [-0.25, -0.2) is 5.43 Å². The van der Waals surface area contributed by atoms with Gasteiger partial charge in [-0.05, 0) is 54.1 Å². The minimum Gasteiger partial charge on any atom is -0.493 e. The molecule has 0 spiro atoms. The molecule has 0 saturated carbocycles. The number of carbonyl (C=O) groups is 1. The van der Waals surface area contributed by atoms with Crippen molar-refractivity contribution in [1.82, 2.24) is 5.43 Å². The molecule has 0 atom stereocenters. The molecule has 0 radical (unpaired) electrons. The molecule has 0 aromatic heterocycles. The van der Waals surface area contributed by atoms with E-state index < -0.39 is 0 Å². The highest BCUT2D eigenvalue weighted by Gasteiger charge is 2.08. The van der Waals surface area contributed by atoms with Crippen LogP contribution in [-0.2, 0) is 5.75 Å². The predicted octanol–water partition coefficient (Wildman–Crippen LogP) is 5.41. The van der Waals surface area contributed by atoms with Crippen molar-refractivity contribution in [3.8, 4) is 11.5 Å². The van der Waals surface area contributed by atoms with E-state index >= 15 is 0 Å². The van der Waals surface area contributed by atoms with Gasteiger partial charge in [0.1, 0.15) is 0 Å². The number of thioether (sulfide) groups is 1. The molecule has 0 heterocycles. The summed E-state index contributed by atoms with van der Waals surface area (Å²) in [5, 5.41) is 4.76. The van der Waals surface area contributed by atoms with Crippen LogP contribution in [0.5, 0.6) is 11.5 Å². The van der Waals surface area contributed by atoms with E-state index in [1.807, 2.05) is 48.5 Å². The van der Waals surface area contributed by atoms with Gasteiger partial charge in [0.05, 0.1) is 20.4 Å². The number of carbonyl (C=O) groups excluding carboxylic acids is 1. The lowest BCUT2D eigenvalue weighted by molar-refractivity contribution is 0.0955. The molecule has 0 bridgehead atoms. The maximum absolute atomic E-state index is 12.3. The first kappa shape index (κ1) is 21.7. The molecule has 0 aliphatic heterocycles. The number of hydrogen-bond acceptors (Lipinski definition) is 5. The molecule has 1 N–H and O–H groups in total. The molecule has 3 rings (SSSR count). The van der Waals surface area contributed by atoms with E-state index in [4.69, 9.17) is 21.1 Å². The van der Waals surface area contributed by atoms with Crippen molar-refractivity contribution in [2.75, 3.05) is 14.2 Å². The number of hydrazone groups is 1. The second-order valence-electron chi connectivity index (χ2n) is 6.22. The molecule has 0 fully saturated rings. The third-order valence-corrected chi connectivity index (χ3v) is 5.57. The minimum absolute atomic E-state index is 0.287. The first-order valence-corrected chi connectivity index (χ1v) is 10.5. The summed E-state index contributed by atoms with van der Waals surface area (Å²) in [5.41, 5.74) is 4.89. The largest absolute Gasteiger partial charge is 0.493 e. The Morgan fingerprint density at radius 1 is 1.03 bits per heavy atom. The highest BCUT2D eigenvalue weighted by Crippen LogP contribution is 2.29. The zero-order valence-corrected chi connectivity index (χ0v) is 18.2. The Bertz CT molecular complexity index is 1020. The monoisotopic (exact) mass is 440 g/mol. The molecule has 0 unspecified atom stereocenters. The Morgan fingerprint density at radius 2 is 1.77 bits per heavy atom. The summed E-state index contributed by atoms with van der Waals surface area (Å²) in [5.74, 6) is 1.67. The lowest BCUT2D eigenvalue weighted by atomic mass is 10.1. The smallest absolute Gasteiger partial charge is 0.271 e. The fourth-order valence-electron chi connectivity index (χ4n) is 2.69. The van der Waals surface area contributed by atoms with Crippen LogP contribution in [0, 0.1) is 0 Å². The van der Waals surface area contributed by atoms with Crippen LogP contribution in [0.2, 0.25) is 5.02 Å². The lowest BCUT2D eigenvalue weighted by Gasteiger charge is -2.09. The Hall–Kier alpha value is -2.96. The van der Waals surface area contributed by atoms with Crippen LogP contribution in [0.15, 0.2) is 76.7 Å². The van der Waals surface area contributed by atoms with Crippen molar-refractivity contribution >= 4 is 35.5 Å². The van der Waals surface area contributed by atoms with E-state index in [2.05, 4.69) is 10.5 Å². The third kappa shape index (κ3) is 5.78. The number of para-hydroxylation sites is 1. The number of halogens is 1. The predicted molar refractivity (Wildman–Crippen MR) is 122 cm³/mol. The molecule has 30 heavy (non-hydrogen) atoms. The zero-order valence-electron chi connectivity index (χ0n) is 16.6. The van der Waals surface area contributed by atoms with Gasteiger partial charge in [-0.2, -0.15) is 5.10 Å². The first-order chi connectivity index (χ1) is 14.6. The van der Waals surface area contributed by atoms with Crippen LogP contribution in [0.1, 0.15) is 21.5 Å². The van der Waals surface area contributed by atoms with Gasteiger partial charge < -0.3 is 9.47 Å². The lowest BCUT2D eigenvalue weighted by Crippen LogP contribution is -2.17. The summed E-state index contributed by atoms with van der Waals surface area (Å²) < 4.78 is 10.6. The highest BCUT2D eigenvalue weighted by molar-refractivity contribution is 7.98. The number of methoxy groups -OCH3 is 2. The molecular formula is C23H21ClN2O3S. The van der Waals surface area contributed by atoms with Crippen LogP contribution >= 0.6 is 23.4 Å². The molecule has 3 aromatic rings. The Labute approximate surface area is 185 Å². The molecule has 1 amide bonds. The molecule has 5 nitrogen and oxygen atoms in total. The molecule has 154 valence electrons. The summed E-state index contributed by atoms with van der Waals surface area (Å²) in [6.45, 7) is 0. The van der Waals surface area contributed by atoms with E-state index in [0.717, 1.165) is 21.2 Å². The van der Waals surface area contributed by atoms with Crippen LogP contribution in [0.4, 0.5) is 0 Å². The molecular weight excluding hydrogens is 420 g/mol. The van der Waals surface area contributed by atoms with E-state index in [0.29, 0.717) is 22.6 Å². The van der Waals surface area contributed by atoms with Crippen molar-refractivity contribution in [1.29, 1.82) is 0 Å². The average molecular weight is 441 g/mol. The van der Waals surface area contributed by atoms with E-state index in [9.17, 15) is 4.79 Å². The van der Waals surface area contributed by atoms with Crippen LogP contribution in [-0.4, -0.2) is 26.3 Å². The highest BCUT2D eigenvalue weighted by atomic mass is 35.5. The topological polar surface area (TPSA) is 59.9 Å². The number of nitrogens with one attached hydrogen (secondary N) is 1. The van der Waals surface area contributed by atoms with Crippen molar-refractivity contribution in [2.24, 2.45) is 5.10 Å². The summed E-state index contributed by atoms with van der Waals surface area (Å²) in [6, 6.07) is 20.6. The van der Waals surface area contributed by atoms with Crippen molar-refractivity contribution in [3.63, 3.8) is 0 Å². The third-order valence-electron chi connectivity index (χ3n) is 4.24. The maximum atomic E-state index is 12.3. The maximum Gasteiger partial charge on any atom is 0.271 e. The Morgan fingerprint density at radius 3 is 2.43 bits per heavy atom. The number of amides is 1. The molecule has 3 aromatic carbocycles. The second kappa shape index (κ2) is 10.7. The summed E-state index contributed by atoms with van der Waals surface area (Å²) in [7, 11) is 3.12. The standard InChI is InChI=1S/C23H21ClN2O3S/c1-28-21-5-3-4-18(22(21)29-2)14-25-26-23(27)17-8-6-16(7-9-17)15-30-20-12-10-19(24)11-13-20/h3-14H,15H2,1-2H3,(H,26,27)/b25-14-. The fraction of sp³-hybridized carbons (Fsp3) is 0.130. The summed E-state index contributed by atoms with van der Waals surface area (Å²) in [4.78, 5) is 13.5. The fourth-order valence-corrected chi connectivity index (χ4v) is 3.67. The van der Waals surface area contributed by atoms with Gasteiger partial charge in [-0.15, -0.1) is 11.8 Å².